The fraction of sp³-hybridized carbons (Fsp3) is 0.0588. The maximum Gasteiger partial charge on any atom is 0.266 e. The first-order chi connectivity index (χ1) is 10.7. The Balaban J connectivity index is 1.86. The number of hydrogen-bond donors (Lipinski definition) is 1. The minimum Gasteiger partial charge on any atom is -0.322 e. The Hall–Kier alpha value is -2.40. The van der Waals surface area contributed by atoms with Gasteiger partial charge in [-0.3, -0.25) is 4.79 Å². The van der Waals surface area contributed by atoms with Gasteiger partial charge in [-0.15, -0.1) is 0 Å². The van der Waals surface area contributed by atoms with Crippen LogP contribution in [0.25, 0.3) is 17.2 Å². The molecule has 1 heterocycles. The van der Waals surface area contributed by atoms with Gasteiger partial charge in [0.15, 0.2) is 17.6 Å². The van der Waals surface area contributed by atoms with Crippen molar-refractivity contribution in [3.8, 4) is 0 Å². The Morgan fingerprint density at radius 3 is 2.73 bits per heavy atom. The SMILES string of the molecule is C=Cn1c[n+](CC(=O)Nc2ccccc2Br)c2ccccc21. The second kappa shape index (κ2) is 6.15. The zero-order valence-corrected chi connectivity index (χ0v) is 13.5. The van der Waals surface area contributed by atoms with Crippen molar-refractivity contribution in [3.63, 3.8) is 0 Å². The van der Waals surface area contributed by atoms with Crippen molar-refractivity contribution in [1.29, 1.82) is 0 Å². The summed E-state index contributed by atoms with van der Waals surface area (Å²) in [6.07, 6.45) is 3.60. The number of halogens is 1. The van der Waals surface area contributed by atoms with Gasteiger partial charge in [0.1, 0.15) is 0 Å². The zero-order chi connectivity index (χ0) is 15.5. The van der Waals surface area contributed by atoms with Gasteiger partial charge >= 0.3 is 0 Å². The fourth-order valence-corrected chi connectivity index (χ4v) is 2.76. The molecular formula is C17H15BrN3O+. The van der Waals surface area contributed by atoms with Gasteiger partial charge in [0.2, 0.25) is 6.33 Å². The highest BCUT2D eigenvalue weighted by Gasteiger charge is 2.16. The molecule has 0 radical (unpaired) electrons. The Morgan fingerprint density at radius 2 is 1.95 bits per heavy atom. The highest BCUT2D eigenvalue weighted by atomic mass is 79.9. The van der Waals surface area contributed by atoms with E-state index in [0.29, 0.717) is 0 Å². The third-order valence-corrected chi connectivity index (χ3v) is 4.08. The number of benzene rings is 2. The van der Waals surface area contributed by atoms with Crippen LogP contribution in [0.2, 0.25) is 0 Å². The molecule has 2 aromatic carbocycles. The van der Waals surface area contributed by atoms with Crippen LogP contribution in [0.15, 0.2) is 65.9 Å². The summed E-state index contributed by atoms with van der Waals surface area (Å²) in [6, 6.07) is 15.5. The van der Waals surface area contributed by atoms with E-state index in [1.54, 1.807) is 6.20 Å². The summed E-state index contributed by atoms with van der Waals surface area (Å²) in [5.41, 5.74) is 2.77. The summed E-state index contributed by atoms with van der Waals surface area (Å²) < 4.78 is 4.67. The van der Waals surface area contributed by atoms with Gasteiger partial charge in [-0.1, -0.05) is 30.8 Å². The number of anilines is 1. The first kappa shape index (κ1) is 14.5. The van der Waals surface area contributed by atoms with Crippen LogP contribution in [0.4, 0.5) is 5.69 Å². The van der Waals surface area contributed by atoms with E-state index in [1.807, 2.05) is 64.0 Å². The van der Waals surface area contributed by atoms with E-state index in [4.69, 9.17) is 0 Å². The number of fused-ring (bicyclic) bond motifs is 1. The van der Waals surface area contributed by atoms with Gasteiger partial charge in [-0.2, -0.15) is 0 Å². The molecule has 1 amide bonds. The average molecular weight is 357 g/mol. The summed E-state index contributed by atoms with van der Waals surface area (Å²) in [5.74, 6) is -0.0798. The van der Waals surface area contributed by atoms with Crippen LogP contribution in [-0.2, 0) is 11.3 Å². The monoisotopic (exact) mass is 356 g/mol. The molecule has 1 aromatic heterocycles. The molecule has 3 rings (SSSR count). The number of imidazole rings is 1. The summed E-state index contributed by atoms with van der Waals surface area (Å²) in [6.45, 7) is 4.03. The van der Waals surface area contributed by atoms with Crippen molar-refractivity contribution < 1.29 is 9.36 Å². The second-order valence-electron chi connectivity index (χ2n) is 4.85. The molecule has 0 spiro atoms. The largest absolute Gasteiger partial charge is 0.322 e. The van der Waals surface area contributed by atoms with E-state index in [9.17, 15) is 4.79 Å². The third-order valence-electron chi connectivity index (χ3n) is 3.39. The van der Waals surface area contributed by atoms with E-state index < -0.39 is 0 Å². The molecule has 1 N–H and O–H groups in total. The number of aromatic nitrogens is 2. The number of carbonyl (C=O) groups is 1. The summed E-state index contributed by atoms with van der Waals surface area (Å²) >= 11 is 3.43. The predicted octanol–water partition coefficient (Wildman–Crippen LogP) is 3.43. The molecule has 0 aliphatic rings. The third kappa shape index (κ3) is 2.80. The molecule has 22 heavy (non-hydrogen) atoms. The van der Waals surface area contributed by atoms with Crippen LogP contribution in [0, 0.1) is 0 Å². The first-order valence-corrected chi connectivity index (χ1v) is 7.64. The van der Waals surface area contributed by atoms with Gasteiger partial charge in [-0.05, 0) is 40.2 Å². The van der Waals surface area contributed by atoms with Crippen molar-refractivity contribution in [1.82, 2.24) is 4.57 Å². The van der Waals surface area contributed by atoms with Gasteiger partial charge in [0.25, 0.3) is 5.91 Å². The van der Waals surface area contributed by atoms with Crippen molar-refractivity contribution >= 4 is 44.8 Å². The van der Waals surface area contributed by atoms with Gasteiger partial charge in [-0.25, -0.2) is 9.13 Å². The lowest BCUT2D eigenvalue weighted by Crippen LogP contribution is -2.39. The second-order valence-corrected chi connectivity index (χ2v) is 5.70. The molecule has 5 heteroatoms. The molecule has 0 aliphatic heterocycles. The quantitative estimate of drug-likeness (QED) is 0.714. The van der Waals surface area contributed by atoms with E-state index in [1.165, 1.54) is 0 Å². The number of para-hydroxylation sites is 3. The maximum absolute atomic E-state index is 12.3. The predicted molar refractivity (Wildman–Crippen MR) is 91.3 cm³/mol. The lowest BCUT2D eigenvalue weighted by Gasteiger charge is -2.05. The highest BCUT2D eigenvalue weighted by molar-refractivity contribution is 9.10. The van der Waals surface area contributed by atoms with E-state index in [0.717, 1.165) is 21.2 Å². The normalized spacial score (nSPS) is 10.6. The minimum atomic E-state index is -0.0798. The van der Waals surface area contributed by atoms with Crippen molar-refractivity contribution in [2.75, 3.05) is 5.32 Å². The number of hydrogen-bond acceptors (Lipinski definition) is 1. The molecule has 0 unspecified atom stereocenters. The zero-order valence-electron chi connectivity index (χ0n) is 11.9. The lowest BCUT2D eigenvalue weighted by atomic mass is 10.3. The molecule has 0 atom stereocenters. The first-order valence-electron chi connectivity index (χ1n) is 6.85. The van der Waals surface area contributed by atoms with E-state index >= 15 is 0 Å². The van der Waals surface area contributed by atoms with Crippen molar-refractivity contribution in [2.24, 2.45) is 0 Å². The number of nitrogens with zero attached hydrogens (tertiary/aromatic N) is 2. The smallest absolute Gasteiger partial charge is 0.266 e. The van der Waals surface area contributed by atoms with Crippen molar-refractivity contribution in [3.05, 3.63) is 65.9 Å². The molecule has 0 fully saturated rings. The maximum atomic E-state index is 12.3. The molecule has 0 bridgehead atoms. The highest BCUT2D eigenvalue weighted by Crippen LogP contribution is 2.21. The van der Waals surface area contributed by atoms with Crippen LogP contribution < -0.4 is 9.88 Å². The Kier molecular flexibility index (Phi) is 4.06. The van der Waals surface area contributed by atoms with Crippen LogP contribution in [0.3, 0.4) is 0 Å². The molecule has 110 valence electrons. The topological polar surface area (TPSA) is 37.9 Å². The Bertz CT molecular complexity index is 854. The van der Waals surface area contributed by atoms with E-state index in [2.05, 4.69) is 27.8 Å². The van der Waals surface area contributed by atoms with Crippen LogP contribution in [-0.4, -0.2) is 10.5 Å². The summed E-state index contributed by atoms with van der Waals surface area (Å²) in [4.78, 5) is 12.3. The van der Waals surface area contributed by atoms with Gasteiger partial charge in [0, 0.05) is 4.47 Å². The van der Waals surface area contributed by atoms with E-state index in [-0.39, 0.29) is 12.5 Å². The summed E-state index contributed by atoms with van der Waals surface area (Å²) in [5, 5.41) is 2.91. The standard InChI is InChI=1S/C17H14BrN3O/c1-2-20-12-21(16-10-6-5-9-15(16)20)11-17(22)19-14-8-4-3-7-13(14)18/h2-10,12H,1,11H2/p+1. The lowest BCUT2D eigenvalue weighted by molar-refractivity contribution is -0.658. The fourth-order valence-electron chi connectivity index (χ4n) is 2.38. The molecule has 3 aromatic rings. The summed E-state index contributed by atoms with van der Waals surface area (Å²) in [7, 11) is 0. The minimum absolute atomic E-state index is 0.0798. The van der Waals surface area contributed by atoms with Gasteiger partial charge < -0.3 is 5.32 Å². The van der Waals surface area contributed by atoms with Crippen LogP contribution in [0.5, 0.6) is 0 Å². The number of amides is 1. The average Bonchev–Trinajstić information content (AvgIpc) is 2.88. The molecule has 0 saturated heterocycles. The van der Waals surface area contributed by atoms with Crippen molar-refractivity contribution in [2.45, 2.75) is 6.54 Å². The van der Waals surface area contributed by atoms with Crippen LogP contribution in [0.1, 0.15) is 0 Å². The number of rotatable bonds is 4. The van der Waals surface area contributed by atoms with Gasteiger partial charge in [0.05, 0.1) is 11.9 Å². The molecule has 0 aliphatic carbocycles. The Labute approximate surface area is 136 Å². The number of nitrogens with one attached hydrogen (secondary N) is 1. The van der Waals surface area contributed by atoms with Crippen LogP contribution >= 0.6 is 15.9 Å². The number of carbonyl (C=O) groups excluding carboxylic acids is 1. The molecule has 0 saturated carbocycles. The molecular weight excluding hydrogens is 342 g/mol. The Morgan fingerprint density at radius 1 is 1.23 bits per heavy atom. The molecule has 4 nitrogen and oxygen atoms in total.